The van der Waals surface area contributed by atoms with Crippen molar-refractivity contribution >= 4 is 5.71 Å². The van der Waals surface area contributed by atoms with E-state index >= 15 is 0 Å². The molecule has 0 radical (unpaired) electrons. The lowest BCUT2D eigenvalue weighted by molar-refractivity contribution is -0.544. The van der Waals surface area contributed by atoms with Gasteiger partial charge >= 0.3 is 0 Å². The van der Waals surface area contributed by atoms with Crippen molar-refractivity contribution in [3.63, 3.8) is 0 Å². The molecule has 0 N–H and O–H groups in total. The van der Waals surface area contributed by atoms with Crippen LogP contribution in [0.2, 0.25) is 0 Å². The summed E-state index contributed by atoms with van der Waals surface area (Å²) in [4.78, 5) is 0. The Morgan fingerprint density at radius 3 is 2.24 bits per heavy atom. The first kappa shape index (κ1) is 17.9. The van der Waals surface area contributed by atoms with Crippen LogP contribution in [0.15, 0.2) is 78.9 Å². The summed E-state index contributed by atoms with van der Waals surface area (Å²) >= 11 is 0. The Kier molecular flexibility index (Phi) is 5.69. The number of benzene rings is 3. The third kappa shape index (κ3) is 3.84. The van der Waals surface area contributed by atoms with Gasteiger partial charge in [0, 0.05) is 23.1 Å². The molecule has 3 aromatic rings. The first-order valence-corrected chi connectivity index (χ1v) is 8.62. The molecule has 1 aliphatic rings. The van der Waals surface area contributed by atoms with Gasteiger partial charge in [0.2, 0.25) is 5.71 Å². The number of hydrogen-bond acceptors (Lipinski definition) is 0. The number of halogens is 1. The molecule has 2 heteroatoms. The summed E-state index contributed by atoms with van der Waals surface area (Å²) in [5.41, 5.74) is 8.17. The molecule has 0 fully saturated rings. The Balaban J connectivity index is 0.00000182. The smallest absolute Gasteiger partial charge is 0.215 e. The zero-order valence-electron chi connectivity index (χ0n) is 14.5. The fourth-order valence-corrected chi connectivity index (χ4v) is 3.52. The Labute approximate surface area is 167 Å². The summed E-state index contributed by atoms with van der Waals surface area (Å²) < 4.78 is 2.53. The fourth-order valence-electron chi connectivity index (χ4n) is 3.52. The molecule has 0 unspecified atom stereocenters. The minimum Gasteiger partial charge on any atom is -1.00 e. The van der Waals surface area contributed by atoms with Gasteiger partial charge in [0.15, 0.2) is 6.54 Å². The summed E-state index contributed by atoms with van der Waals surface area (Å²) in [7, 11) is 0. The van der Waals surface area contributed by atoms with E-state index in [-0.39, 0.29) is 24.0 Å². The van der Waals surface area contributed by atoms with Gasteiger partial charge in [0.25, 0.3) is 0 Å². The molecule has 1 nitrogen and oxygen atoms in total. The van der Waals surface area contributed by atoms with Gasteiger partial charge in [-0.15, -0.1) is 0 Å². The van der Waals surface area contributed by atoms with Gasteiger partial charge in [0.05, 0.1) is 0 Å². The molecule has 3 aromatic carbocycles. The van der Waals surface area contributed by atoms with Crippen molar-refractivity contribution < 1.29 is 28.6 Å². The van der Waals surface area contributed by atoms with Crippen LogP contribution in [0.25, 0.3) is 0 Å². The molecule has 126 valence electrons. The lowest BCUT2D eigenvalue weighted by atomic mass is 9.92. The second-order valence-electron chi connectivity index (χ2n) is 6.53. The van der Waals surface area contributed by atoms with Crippen molar-refractivity contribution in [3.05, 3.63) is 107 Å². The highest BCUT2D eigenvalue weighted by atomic mass is 127. The van der Waals surface area contributed by atoms with Gasteiger partial charge in [0.1, 0.15) is 6.54 Å². The van der Waals surface area contributed by atoms with Gasteiger partial charge in [-0.3, -0.25) is 0 Å². The average Bonchev–Trinajstić information content (AvgIpc) is 2.63. The maximum atomic E-state index is 2.53. The van der Waals surface area contributed by atoms with Crippen molar-refractivity contribution in [3.8, 4) is 0 Å². The van der Waals surface area contributed by atoms with Crippen molar-refractivity contribution in [2.75, 3.05) is 6.54 Å². The first-order chi connectivity index (χ1) is 11.8. The number of hydrogen-bond donors (Lipinski definition) is 0. The minimum atomic E-state index is 0. The Morgan fingerprint density at radius 2 is 1.48 bits per heavy atom. The van der Waals surface area contributed by atoms with Crippen LogP contribution in [0.4, 0.5) is 0 Å². The van der Waals surface area contributed by atoms with Crippen molar-refractivity contribution in [2.45, 2.75) is 19.9 Å². The standard InChI is InChI=1S/C23H22N.HI/c1-18-11-13-21(14-12-18)23-22-10-6-5-9-20(22)15-16-24(23)17-19-7-3-2-4-8-19;/h2-14H,15-17H2,1H3;1H/q+1;/p-1. The maximum Gasteiger partial charge on any atom is 0.215 e. The largest absolute Gasteiger partial charge is 1.00 e. The van der Waals surface area contributed by atoms with Crippen LogP contribution in [-0.2, 0) is 13.0 Å². The molecule has 0 saturated carbocycles. The highest BCUT2D eigenvalue weighted by Gasteiger charge is 2.26. The Bertz CT molecular complexity index is 879. The van der Waals surface area contributed by atoms with E-state index in [1.807, 2.05) is 0 Å². The topological polar surface area (TPSA) is 3.01 Å². The molecule has 1 heterocycles. The quantitative estimate of drug-likeness (QED) is 0.431. The van der Waals surface area contributed by atoms with E-state index in [4.69, 9.17) is 0 Å². The van der Waals surface area contributed by atoms with E-state index < -0.39 is 0 Å². The lowest BCUT2D eigenvalue weighted by Gasteiger charge is -2.19. The molecule has 1 aliphatic heterocycles. The second kappa shape index (κ2) is 7.96. The van der Waals surface area contributed by atoms with Gasteiger partial charge < -0.3 is 24.0 Å². The predicted octanol–water partition coefficient (Wildman–Crippen LogP) is 1.61. The predicted molar refractivity (Wildman–Crippen MR) is 99.8 cm³/mol. The second-order valence-corrected chi connectivity index (χ2v) is 6.53. The van der Waals surface area contributed by atoms with E-state index in [1.54, 1.807) is 0 Å². The van der Waals surface area contributed by atoms with E-state index in [0.29, 0.717) is 0 Å². The Hall–Kier alpha value is -1.94. The molecule has 0 atom stereocenters. The summed E-state index contributed by atoms with van der Waals surface area (Å²) in [6.07, 6.45) is 1.11. The number of nitrogens with zero attached hydrogens (tertiary/aromatic N) is 1. The molecule has 0 bridgehead atoms. The van der Waals surface area contributed by atoms with Gasteiger partial charge in [-0.1, -0.05) is 66.2 Å². The molecule has 0 aromatic heterocycles. The molecular weight excluding hydrogens is 417 g/mol. The summed E-state index contributed by atoms with van der Waals surface area (Å²) in [6.45, 7) is 4.17. The zero-order valence-corrected chi connectivity index (χ0v) is 16.6. The third-order valence-corrected chi connectivity index (χ3v) is 4.78. The van der Waals surface area contributed by atoms with Crippen LogP contribution in [0.1, 0.15) is 27.8 Å². The van der Waals surface area contributed by atoms with Crippen LogP contribution in [0.5, 0.6) is 0 Å². The van der Waals surface area contributed by atoms with Crippen molar-refractivity contribution in [1.29, 1.82) is 0 Å². The summed E-state index contributed by atoms with van der Waals surface area (Å²) in [5.74, 6) is 0. The van der Waals surface area contributed by atoms with Crippen LogP contribution >= 0.6 is 0 Å². The van der Waals surface area contributed by atoms with Crippen LogP contribution < -0.4 is 24.0 Å². The minimum absolute atomic E-state index is 0. The lowest BCUT2D eigenvalue weighted by Crippen LogP contribution is -3.00. The van der Waals surface area contributed by atoms with Gasteiger partial charge in [-0.05, 0) is 30.7 Å². The summed E-state index contributed by atoms with van der Waals surface area (Å²) in [5, 5.41) is 0. The van der Waals surface area contributed by atoms with E-state index in [2.05, 4.69) is 90.4 Å². The molecule has 4 rings (SSSR count). The highest BCUT2D eigenvalue weighted by molar-refractivity contribution is 6.10. The van der Waals surface area contributed by atoms with E-state index in [1.165, 1.54) is 33.5 Å². The van der Waals surface area contributed by atoms with Gasteiger partial charge in [-0.25, -0.2) is 4.58 Å². The first-order valence-electron chi connectivity index (χ1n) is 8.62. The van der Waals surface area contributed by atoms with E-state index in [0.717, 1.165) is 19.5 Å². The van der Waals surface area contributed by atoms with Crippen molar-refractivity contribution in [2.24, 2.45) is 0 Å². The maximum absolute atomic E-state index is 2.53. The molecule has 25 heavy (non-hydrogen) atoms. The zero-order chi connectivity index (χ0) is 16.4. The molecular formula is C23H22IN. The molecule has 0 saturated heterocycles. The van der Waals surface area contributed by atoms with Gasteiger partial charge in [-0.2, -0.15) is 0 Å². The average molecular weight is 439 g/mol. The van der Waals surface area contributed by atoms with Crippen molar-refractivity contribution in [1.82, 2.24) is 0 Å². The van der Waals surface area contributed by atoms with E-state index in [9.17, 15) is 0 Å². The monoisotopic (exact) mass is 439 g/mol. The Morgan fingerprint density at radius 1 is 0.800 bits per heavy atom. The molecule has 0 amide bonds. The number of fused-ring (bicyclic) bond motifs is 1. The fraction of sp³-hybridized carbons (Fsp3) is 0.174. The van der Waals surface area contributed by atoms with Crippen LogP contribution in [0.3, 0.4) is 0 Å². The number of rotatable bonds is 3. The summed E-state index contributed by atoms with van der Waals surface area (Å²) in [6, 6.07) is 28.5. The third-order valence-electron chi connectivity index (χ3n) is 4.78. The highest BCUT2D eigenvalue weighted by Crippen LogP contribution is 2.21. The SMILES string of the molecule is Cc1ccc(C2=[N+](Cc3ccccc3)CCc3ccccc32)cc1.[I-]. The number of aryl methyl sites for hydroxylation is 1. The molecule has 0 spiro atoms. The van der Waals surface area contributed by atoms with Crippen LogP contribution in [0, 0.1) is 6.92 Å². The molecule has 0 aliphatic carbocycles. The van der Waals surface area contributed by atoms with Crippen LogP contribution in [-0.4, -0.2) is 16.8 Å². The normalized spacial score (nSPS) is 13.2.